The Morgan fingerprint density at radius 1 is 0.704 bits per heavy atom. The van der Waals surface area contributed by atoms with Crippen molar-refractivity contribution in [2.24, 2.45) is 0 Å². The molecular weight excluding hydrogens is 328 g/mol. The number of aromatic amines is 1. The molecular formula is C25H20N2. The number of benzene rings is 3. The minimum Gasteiger partial charge on any atom is -0.339 e. The number of rotatable bonds is 2. The van der Waals surface area contributed by atoms with Crippen molar-refractivity contribution < 1.29 is 0 Å². The van der Waals surface area contributed by atoms with Crippen LogP contribution in [-0.4, -0.2) is 9.97 Å². The van der Waals surface area contributed by atoms with E-state index in [9.17, 15) is 0 Å². The van der Waals surface area contributed by atoms with Crippen molar-refractivity contribution in [2.75, 3.05) is 0 Å². The van der Waals surface area contributed by atoms with Crippen LogP contribution in [0.3, 0.4) is 0 Å². The minimum absolute atomic E-state index is 0.935. The molecule has 2 aromatic heterocycles. The van der Waals surface area contributed by atoms with E-state index >= 15 is 0 Å². The SMILES string of the molecule is Cc1ccc(-c2cc(-c3ccc(C)cc3)c3c(n2)[nH]c2ccccc23)cc1. The van der Waals surface area contributed by atoms with Gasteiger partial charge in [0.2, 0.25) is 0 Å². The highest BCUT2D eigenvalue weighted by Crippen LogP contribution is 2.36. The molecule has 2 nitrogen and oxygen atoms in total. The van der Waals surface area contributed by atoms with Crippen LogP contribution in [0.2, 0.25) is 0 Å². The molecule has 0 atom stereocenters. The van der Waals surface area contributed by atoms with E-state index in [1.807, 2.05) is 0 Å². The molecule has 1 N–H and O–H groups in total. The van der Waals surface area contributed by atoms with Gasteiger partial charge >= 0.3 is 0 Å². The number of fused-ring (bicyclic) bond motifs is 3. The van der Waals surface area contributed by atoms with Crippen LogP contribution in [0, 0.1) is 13.8 Å². The van der Waals surface area contributed by atoms with Crippen molar-refractivity contribution in [3.05, 3.63) is 90.0 Å². The Hall–Kier alpha value is -3.39. The lowest BCUT2D eigenvalue weighted by atomic mass is 9.98. The molecule has 3 aromatic carbocycles. The van der Waals surface area contributed by atoms with Gasteiger partial charge in [-0.2, -0.15) is 0 Å². The lowest BCUT2D eigenvalue weighted by molar-refractivity contribution is 1.34. The highest BCUT2D eigenvalue weighted by Gasteiger charge is 2.14. The van der Waals surface area contributed by atoms with Crippen LogP contribution in [-0.2, 0) is 0 Å². The highest BCUT2D eigenvalue weighted by atomic mass is 14.9. The molecule has 0 spiro atoms. The zero-order chi connectivity index (χ0) is 18.4. The van der Waals surface area contributed by atoms with Crippen LogP contribution in [0.15, 0.2) is 78.9 Å². The van der Waals surface area contributed by atoms with Crippen molar-refractivity contribution in [3.8, 4) is 22.4 Å². The predicted octanol–water partition coefficient (Wildman–Crippen LogP) is 6.67. The zero-order valence-corrected chi connectivity index (χ0v) is 15.5. The Morgan fingerprint density at radius 3 is 2.04 bits per heavy atom. The Morgan fingerprint density at radius 2 is 1.33 bits per heavy atom. The lowest BCUT2D eigenvalue weighted by Crippen LogP contribution is -1.89. The molecule has 27 heavy (non-hydrogen) atoms. The van der Waals surface area contributed by atoms with Crippen LogP contribution < -0.4 is 0 Å². The molecule has 130 valence electrons. The Kier molecular flexibility index (Phi) is 3.58. The predicted molar refractivity (Wildman–Crippen MR) is 114 cm³/mol. The summed E-state index contributed by atoms with van der Waals surface area (Å²) in [6.07, 6.45) is 0. The van der Waals surface area contributed by atoms with Crippen molar-refractivity contribution >= 4 is 21.9 Å². The molecule has 0 saturated heterocycles. The third-order valence-corrected chi connectivity index (χ3v) is 5.18. The van der Waals surface area contributed by atoms with E-state index in [-0.39, 0.29) is 0 Å². The van der Waals surface area contributed by atoms with Crippen molar-refractivity contribution in [1.82, 2.24) is 9.97 Å². The molecule has 0 aliphatic carbocycles. The first-order valence-electron chi connectivity index (χ1n) is 9.24. The summed E-state index contributed by atoms with van der Waals surface area (Å²) in [5.41, 5.74) is 9.13. The Balaban J connectivity index is 1.85. The quantitative estimate of drug-likeness (QED) is 0.379. The number of H-pyrrole nitrogens is 1. The Labute approximate surface area is 158 Å². The lowest BCUT2D eigenvalue weighted by Gasteiger charge is -2.09. The maximum atomic E-state index is 4.96. The maximum absolute atomic E-state index is 4.96. The maximum Gasteiger partial charge on any atom is 0.139 e. The van der Waals surface area contributed by atoms with Crippen LogP contribution in [0.25, 0.3) is 44.3 Å². The third kappa shape index (κ3) is 2.70. The molecule has 5 aromatic rings. The number of aryl methyl sites for hydroxylation is 2. The van der Waals surface area contributed by atoms with Crippen molar-refractivity contribution in [1.29, 1.82) is 0 Å². The number of aromatic nitrogens is 2. The summed E-state index contributed by atoms with van der Waals surface area (Å²) in [6, 6.07) is 27.9. The fourth-order valence-electron chi connectivity index (χ4n) is 3.68. The van der Waals surface area contributed by atoms with E-state index < -0.39 is 0 Å². The average Bonchev–Trinajstić information content (AvgIpc) is 3.07. The van der Waals surface area contributed by atoms with Gasteiger partial charge in [0, 0.05) is 21.9 Å². The van der Waals surface area contributed by atoms with Gasteiger partial charge < -0.3 is 4.98 Å². The molecule has 2 heterocycles. The van der Waals surface area contributed by atoms with Gasteiger partial charge in [0.1, 0.15) is 5.65 Å². The van der Waals surface area contributed by atoms with Crippen LogP contribution in [0.1, 0.15) is 11.1 Å². The Bertz CT molecular complexity index is 1260. The second-order valence-corrected chi connectivity index (χ2v) is 7.18. The molecule has 0 unspecified atom stereocenters. The molecule has 0 saturated carbocycles. The van der Waals surface area contributed by atoms with E-state index in [1.165, 1.54) is 33.0 Å². The molecule has 0 aliphatic heterocycles. The molecule has 0 radical (unpaired) electrons. The number of nitrogens with one attached hydrogen (secondary N) is 1. The van der Waals surface area contributed by atoms with E-state index in [0.29, 0.717) is 0 Å². The van der Waals surface area contributed by atoms with Gasteiger partial charge in [0.25, 0.3) is 0 Å². The first kappa shape index (κ1) is 15.8. The first-order chi connectivity index (χ1) is 13.2. The second-order valence-electron chi connectivity index (χ2n) is 7.18. The van der Waals surface area contributed by atoms with Crippen LogP contribution >= 0.6 is 0 Å². The third-order valence-electron chi connectivity index (χ3n) is 5.18. The van der Waals surface area contributed by atoms with E-state index in [4.69, 9.17) is 4.98 Å². The summed E-state index contributed by atoms with van der Waals surface area (Å²) >= 11 is 0. The smallest absolute Gasteiger partial charge is 0.139 e. The molecule has 5 rings (SSSR count). The topological polar surface area (TPSA) is 28.7 Å². The van der Waals surface area contributed by atoms with E-state index in [0.717, 1.165) is 22.4 Å². The van der Waals surface area contributed by atoms with Gasteiger partial charge in [-0.05, 0) is 37.1 Å². The highest BCUT2D eigenvalue weighted by molar-refractivity contribution is 6.13. The largest absolute Gasteiger partial charge is 0.339 e. The summed E-state index contributed by atoms with van der Waals surface area (Å²) < 4.78 is 0. The average molecular weight is 348 g/mol. The number of nitrogens with zero attached hydrogens (tertiary/aromatic N) is 1. The number of hydrogen-bond acceptors (Lipinski definition) is 1. The standard InChI is InChI=1S/C25H20N2/c1-16-7-11-18(12-8-16)21-15-23(19-13-9-17(2)10-14-19)27-25-24(21)20-5-3-4-6-22(20)26-25/h3-15H,1-2H3,(H,26,27). The number of hydrogen-bond donors (Lipinski definition) is 1. The normalized spacial score (nSPS) is 11.3. The fourth-order valence-corrected chi connectivity index (χ4v) is 3.68. The van der Waals surface area contributed by atoms with Crippen molar-refractivity contribution in [3.63, 3.8) is 0 Å². The van der Waals surface area contributed by atoms with Crippen LogP contribution in [0.4, 0.5) is 0 Å². The van der Waals surface area contributed by atoms with Gasteiger partial charge in [-0.15, -0.1) is 0 Å². The van der Waals surface area contributed by atoms with Crippen molar-refractivity contribution in [2.45, 2.75) is 13.8 Å². The summed E-state index contributed by atoms with van der Waals surface area (Å²) in [7, 11) is 0. The van der Waals surface area contributed by atoms with E-state index in [2.05, 4.69) is 97.7 Å². The first-order valence-corrected chi connectivity index (χ1v) is 9.24. The number of para-hydroxylation sites is 1. The molecule has 0 amide bonds. The fraction of sp³-hybridized carbons (Fsp3) is 0.0800. The molecule has 0 fully saturated rings. The minimum atomic E-state index is 0.935. The van der Waals surface area contributed by atoms with Gasteiger partial charge in [0.15, 0.2) is 0 Å². The summed E-state index contributed by atoms with van der Waals surface area (Å²) in [6.45, 7) is 4.23. The second kappa shape index (κ2) is 6.10. The summed E-state index contributed by atoms with van der Waals surface area (Å²) in [5.74, 6) is 0. The van der Waals surface area contributed by atoms with Gasteiger partial charge in [-0.3, -0.25) is 0 Å². The van der Waals surface area contributed by atoms with Gasteiger partial charge in [-0.1, -0.05) is 77.9 Å². The molecule has 2 heteroatoms. The van der Waals surface area contributed by atoms with E-state index in [1.54, 1.807) is 0 Å². The number of pyridine rings is 1. The summed E-state index contributed by atoms with van der Waals surface area (Å²) in [5, 5.41) is 2.40. The zero-order valence-electron chi connectivity index (χ0n) is 15.5. The van der Waals surface area contributed by atoms with Gasteiger partial charge in [-0.25, -0.2) is 4.98 Å². The monoisotopic (exact) mass is 348 g/mol. The van der Waals surface area contributed by atoms with Crippen LogP contribution in [0.5, 0.6) is 0 Å². The molecule has 0 bridgehead atoms. The summed E-state index contributed by atoms with van der Waals surface area (Å²) in [4.78, 5) is 8.47. The van der Waals surface area contributed by atoms with Gasteiger partial charge in [0.05, 0.1) is 5.69 Å². The molecule has 0 aliphatic rings.